The molecule has 0 aliphatic heterocycles. The SMILES string of the molecule is CC1CCCC1NCC1(C)CCCCC1. The van der Waals surface area contributed by atoms with Gasteiger partial charge in [-0.1, -0.05) is 39.5 Å². The molecule has 1 N–H and O–H groups in total. The molecular formula is C14H27N. The fourth-order valence-electron chi connectivity index (χ4n) is 3.41. The number of nitrogens with one attached hydrogen (secondary N) is 1. The van der Waals surface area contributed by atoms with Crippen molar-refractivity contribution in [1.82, 2.24) is 5.32 Å². The first-order chi connectivity index (χ1) is 7.20. The molecule has 2 saturated carbocycles. The molecule has 0 bridgehead atoms. The van der Waals surface area contributed by atoms with Gasteiger partial charge < -0.3 is 5.32 Å². The van der Waals surface area contributed by atoms with E-state index in [0.29, 0.717) is 5.41 Å². The van der Waals surface area contributed by atoms with Gasteiger partial charge in [0, 0.05) is 12.6 Å². The van der Waals surface area contributed by atoms with E-state index in [0.717, 1.165) is 12.0 Å². The summed E-state index contributed by atoms with van der Waals surface area (Å²) in [7, 11) is 0. The third-order valence-corrected chi connectivity index (χ3v) is 4.71. The molecule has 0 spiro atoms. The number of hydrogen-bond donors (Lipinski definition) is 1. The Morgan fingerprint density at radius 1 is 1.07 bits per heavy atom. The van der Waals surface area contributed by atoms with Gasteiger partial charge in [0.1, 0.15) is 0 Å². The van der Waals surface area contributed by atoms with E-state index in [-0.39, 0.29) is 0 Å². The van der Waals surface area contributed by atoms with Gasteiger partial charge in [-0.2, -0.15) is 0 Å². The highest BCUT2D eigenvalue weighted by Crippen LogP contribution is 2.35. The van der Waals surface area contributed by atoms with Crippen molar-refractivity contribution in [3.05, 3.63) is 0 Å². The largest absolute Gasteiger partial charge is 0.313 e. The van der Waals surface area contributed by atoms with E-state index in [9.17, 15) is 0 Å². The molecule has 15 heavy (non-hydrogen) atoms. The second kappa shape index (κ2) is 4.86. The quantitative estimate of drug-likeness (QED) is 0.746. The van der Waals surface area contributed by atoms with Crippen molar-refractivity contribution in [1.29, 1.82) is 0 Å². The first-order valence-corrected chi connectivity index (χ1v) is 6.93. The predicted octanol–water partition coefficient (Wildman–Crippen LogP) is 3.74. The summed E-state index contributed by atoms with van der Waals surface area (Å²) in [6, 6.07) is 0.823. The molecular weight excluding hydrogens is 182 g/mol. The molecule has 0 amide bonds. The van der Waals surface area contributed by atoms with E-state index >= 15 is 0 Å². The van der Waals surface area contributed by atoms with Gasteiger partial charge >= 0.3 is 0 Å². The zero-order valence-corrected chi connectivity index (χ0v) is 10.5. The van der Waals surface area contributed by atoms with Crippen molar-refractivity contribution in [2.45, 2.75) is 71.3 Å². The van der Waals surface area contributed by atoms with E-state index in [2.05, 4.69) is 19.2 Å². The Morgan fingerprint density at radius 2 is 1.80 bits per heavy atom. The van der Waals surface area contributed by atoms with Gasteiger partial charge in [0.25, 0.3) is 0 Å². The number of hydrogen-bond acceptors (Lipinski definition) is 1. The standard InChI is InChI=1S/C14H27N/c1-12-7-6-8-13(12)15-11-14(2)9-4-3-5-10-14/h12-13,15H,3-11H2,1-2H3. The summed E-state index contributed by atoms with van der Waals surface area (Å²) < 4.78 is 0. The molecule has 1 heteroatoms. The Morgan fingerprint density at radius 3 is 2.40 bits per heavy atom. The van der Waals surface area contributed by atoms with Crippen molar-refractivity contribution in [3.63, 3.8) is 0 Å². The van der Waals surface area contributed by atoms with Gasteiger partial charge in [0.15, 0.2) is 0 Å². The molecule has 0 aromatic carbocycles. The Hall–Kier alpha value is -0.0400. The lowest BCUT2D eigenvalue weighted by Crippen LogP contribution is -2.40. The van der Waals surface area contributed by atoms with Crippen LogP contribution in [0.3, 0.4) is 0 Å². The van der Waals surface area contributed by atoms with Crippen molar-refractivity contribution in [2.24, 2.45) is 11.3 Å². The molecule has 2 fully saturated rings. The summed E-state index contributed by atoms with van der Waals surface area (Å²) in [6.45, 7) is 6.16. The lowest BCUT2D eigenvalue weighted by Gasteiger charge is -2.35. The van der Waals surface area contributed by atoms with Crippen LogP contribution in [0, 0.1) is 11.3 Å². The van der Waals surface area contributed by atoms with E-state index < -0.39 is 0 Å². The van der Waals surface area contributed by atoms with Crippen LogP contribution in [0.15, 0.2) is 0 Å². The molecule has 88 valence electrons. The lowest BCUT2D eigenvalue weighted by atomic mass is 9.75. The van der Waals surface area contributed by atoms with Crippen LogP contribution in [0.5, 0.6) is 0 Å². The van der Waals surface area contributed by atoms with Gasteiger partial charge in [-0.05, 0) is 37.0 Å². The highest BCUT2D eigenvalue weighted by atomic mass is 14.9. The van der Waals surface area contributed by atoms with Gasteiger partial charge in [0.2, 0.25) is 0 Å². The second-order valence-electron chi connectivity index (χ2n) is 6.27. The smallest absolute Gasteiger partial charge is 0.00929 e. The van der Waals surface area contributed by atoms with Crippen molar-refractivity contribution >= 4 is 0 Å². The summed E-state index contributed by atoms with van der Waals surface area (Å²) in [5.41, 5.74) is 0.612. The van der Waals surface area contributed by atoms with Crippen LogP contribution in [0.4, 0.5) is 0 Å². The Labute approximate surface area is 95.0 Å². The van der Waals surface area contributed by atoms with Crippen LogP contribution in [0.1, 0.15) is 65.2 Å². The maximum absolute atomic E-state index is 3.84. The number of rotatable bonds is 3. The highest BCUT2D eigenvalue weighted by molar-refractivity contribution is 4.86. The Balaban J connectivity index is 1.76. The fraction of sp³-hybridized carbons (Fsp3) is 1.00. The minimum Gasteiger partial charge on any atom is -0.313 e. The molecule has 0 aromatic rings. The maximum Gasteiger partial charge on any atom is 0.00929 e. The first kappa shape index (κ1) is 11.4. The summed E-state index contributed by atoms with van der Waals surface area (Å²) >= 11 is 0. The predicted molar refractivity (Wildman–Crippen MR) is 66.0 cm³/mol. The summed E-state index contributed by atoms with van der Waals surface area (Å²) in [5, 5.41) is 3.84. The van der Waals surface area contributed by atoms with Crippen molar-refractivity contribution in [2.75, 3.05) is 6.54 Å². The van der Waals surface area contributed by atoms with Crippen LogP contribution >= 0.6 is 0 Å². The minimum absolute atomic E-state index is 0.612. The normalized spacial score (nSPS) is 35.6. The third kappa shape index (κ3) is 2.96. The monoisotopic (exact) mass is 209 g/mol. The van der Waals surface area contributed by atoms with Gasteiger partial charge in [-0.3, -0.25) is 0 Å². The van der Waals surface area contributed by atoms with Gasteiger partial charge in [-0.25, -0.2) is 0 Å². The first-order valence-electron chi connectivity index (χ1n) is 6.93. The topological polar surface area (TPSA) is 12.0 Å². The van der Waals surface area contributed by atoms with Crippen LogP contribution in [-0.4, -0.2) is 12.6 Å². The van der Waals surface area contributed by atoms with Crippen molar-refractivity contribution < 1.29 is 0 Å². The highest BCUT2D eigenvalue weighted by Gasteiger charge is 2.29. The molecule has 0 aromatic heterocycles. The van der Waals surface area contributed by atoms with Crippen LogP contribution < -0.4 is 5.32 Å². The average molecular weight is 209 g/mol. The Kier molecular flexibility index (Phi) is 3.71. The third-order valence-electron chi connectivity index (χ3n) is 4.71. The van der Waals surface area contributed by atoms with E-state index in [1.54, 1.807) is 0 Å². The molecule has 0 saturated heterocycles. The van der Waals surface area contributed by atoms with Crippen LogP contribution in [-0.2, 0) is 0 Å². The van der Waals surface area contributed by atoms with Crippen LogP contribution in [0.25, 0.3) is 0 Å². The fourth-order valence-corrected chi connectivity index (χ4v) is 3.41. The molecule has 0 heterocycles. The zero-order valence-electron chi connectivity index (χ0n) is 10.5. The molecule has 1 nitrogen and oxygen atoms in total. The van der Waals surface area contributed by atoms with Gasteiger partial charge in [0.05, 0.1) is 0 Å². The van der Waals surface area contributed by atoms with Gasteiger partial charge in [-0.15, -0.1) is 0 Å². The zero-order chi connectivity index (χ0) is 10.7. The summed E-state index contributed by atoms with van der Waals surface area (Å²) in [6.07, 6.45) is 11.6. The van der Waals surface area contributed by atoms with E-state index in [1.165, 1.54) is 57.9 Å². The van der Waals surface area contributed by atoms with E-state index in [4.69, 9.17) is 0 Å². The Bertz CT molecular complexity index is 194. The molecule has 2 rings (SSSR count). The van der Waals surface area contributed by atoms with Crippen LogP contribution in [0.2, 0.25) is 0 Å². The minimum atomic E-state index is 0.612. The lowest BCUT2D eigenvalue weighted by molar-refractivity contribution is 0.195. The van der Waals surface area contributed by atoms with E-state index in [1.807, 2.05) is 0 Å². The molecule has 0 radical (unpaired) electrons. The average Bonchev–Trinajstić information content (AvgIpc) is 2.62. The molecule has 2 atom stereocenters. The van der Waals surface area contributed by atoms with Crippen molar-refractivity contribution in [3.8, 4) is 0 Å². The maximum atomic E-state index is 3.84. The molecule has 2 unspecified atom stereocenters. The molecule has 2 aliphatic rings. The summed E-state index contributed by atoms with van der Waals surface area (Å²) in [5.74, 6) is 0.914. The molecule has 2 aliphatic carbocycles. The summed E-state index contributed by atoms with van der Waals surface area (Å²) in [4.78, 5) is 0. The second-order valence-corrected chi connectivity index (χ2v) is 6.27.